The quantitative estimate of drug-likeness (QED) is 0.555. The Kier molecular flexibility index (Phi) is 3.02. The molecule has 0 amide bonds. The highest BCUT2D eigenvalue weighted by Crippen LogP contribution is 2.30. The average molecular weight is 136 g/mol. The third-order valence-electron chi connectivity index (χ3n) is 1.32. The molecular weight excluding hydrogens is 126 g/mol. The second-order valence-electron chi connectivity index (χ2n) is 2.05. The molecule has 2 nitrogen and oxygen atoms in total. The van der Waals surface area contributed by atoms with Gasteiger partial charge in [-0.1, -0.05) is 0 Å². The highest BCUT2D eigenvalue weighted by atomic mass is 35.5. The molecule has 0 aliphatic heterocycles. The number of rotatable bonds is 2. The summed E-state index contributed by atoms with van der Waals surface area (Å²) in [6, 6.07) is -0.167. The van der Waals surface area contributed by atoms with E-state index in [9.17, 15) is 4.79 Å². The van der Waals surface area contributed by atoms with Crippen molar-refractivity contribution >= 4 is 18.7 Å². The Labute approximate surface area is 54.8 Å². The largest absolute Gasteiger partial charge is 0.322 e. The van der Waals surface area contributed by atoms with Gasteiger partial charge in [-0.05, 0) is 18.8 Å². The number of aldehydes is 1. The maximum atomic E-state index is 9.86. The fourth-order valence-electron chi connectivity index (χ4n) is 0.592. The van der Waals surface area contributed by atoms with E-state index in [0.29, 0.717) is 5.92 Å². The lowest BCUT2D eigenvalue weighted by Gasteiger charge is -1.94. The molecule has 0 aromatic rings. The number of hydrogen-bond donors (Lipinski definition) is 1. The lowest BCUT2D eigenvalue weighted by molar-refractivity contribution is -0.109. The standard InChI is InChI=1S/C5H9NO.ClH/c6-5(3-7)4-1-2-4;/h3-5H,1-2,6H2;1H/t5-;/m1./s1. The lowest BCUT2D eigenvalue weighted by atomic mass is 10.2. The van der Waals surface area contributed by atoms with Crippen LogP contribution in [-0.2, 0) is 4.79 Å². The van der Waals surface area contributed by atoms with Crippen molar-refractivity contribution in [2.75, 3.05) is 0 Å². The van der Waals surface area contributed by atoms with Crippen LogP contribution in [0.1, 0.15) is 12.8 Å². The fourth-order valence-corrected chi connectivity index (χ4v) is 0.592. The van der Waals surface area contributed by atoms with Gasteiger partial charge in [0.15, 0.2) is 0 Å². The number of hydrogen-bond acceptors (Lipinski definition) is 2. The molecule has 0 heterocycles. The van der Waals surface area contributed by atoms with Crippen LogP contribution in [0.15, 0.2) is 0 Å². The predicted molar refractivity (Wildman–Crippen MR) is 34.0 cm³/mol. The van der Waals surface area contributed by atoms with Gasteiger partial charge in [0.2, 0.25) is 0 Å². The zero-order valence-electron chi connectivity index (χ0n) is 4.54. The summed E-state index contributed by atoms with van der Waals surface area (Å²) in [4.78, 5) is 9.86. The van der Waals surface area contributed by atoms with Crippen molar-refractivity contribution in [3.8, 4) is 0 Å². The van der Waals surface area contributed by atoms with Gasteiger partial charge in [-0.2, -0.15) is 0 Å². The molecule has 3 heteroatoms. The van der Waals surface area contributed by atoms with Crippen LogP contribution in [0.4, 0.5) is 0 Å². The second kappa shape index (κ2) is 3.05. The van der Waals surface area contributed by atoms with E-state index >= 15 is 0 Å². The van der Waals surface area contributed by atoms with E-state index in [-0.39, 0.29) is 18.4 Å². The van der Waals surface area contributed by atoms with Crippen molar-refractivity contribution < 1.29 is 4.79 Å². The van der Waals surface area contributed by atoms with Gasteiger partial charge in [0.1, 0.15) is 6.29 Å². The molecule has 1 aliphatic rings. The minimum absolute atomic E-state index is 0. The maximum Gasteiger partial charge on any atom is 0.136 e. The van der Waals surface area contributed by atoms with E-state index in [1.165, 1.54) is 0 Å². The van der Waals surface area contributed by atoms with Gasteiger partial charge in [0.25, 0.3) is 0 Å². The van der Waals surface area contributed by atoms with Gasteiger partial charge in [-0.25, -0.2) is 0 Å². The molecule has 2 N–H and O–H groups in total. The second-order valence-corrected chi connectivity index (χ2v) is 2.05. The molecule has 8 heavy (non-hydrogen) atoms. The normalized spacial score (nSPS) is 21.1. The van der Waals surface area contributed by atoms with Crippen molar-refractivity contribution in [1.29, 1.82) is 0 Å². The molecule has 0 aromatic heterocycles. The van der Waals surface area contributed by atoms with Crippen LogP contribution < -0.4 is 5.73 Å². The first-order valence-electron chi connectivity index (χ1n) is 2.55. The van der Waals surface area contributed by atoms with Gasteiger partial charge in [0.05, 0.1) is 6.04 Å². The number of carbonyl (C=O) groups excluding carboxylic acids is 1. The van der Waals surface area contributed by atoms with E-state index in [1.807, 2.05) is 0 Å². The Bertz CT molecular complexity index is 82.5. The van der Waals surface area contributed by atoms with Crippen molar-refractivity contribution in [1.82, 2.24) is 0 Å². The number of carbonyl (C=O) groups is 1. The third kappa shape index (κ3) is 1.80. The molecule has 0 unspecified atom stereocenters. The molecule has 0 spiro atoms. The Morgan fingerprint density at radius 3 is 2.25 bits per heavy atom. The van der Waals surface area contributed by atoms with Crippen LogP contribution in [0.5, 0.6) is 0 Å². The summed E-state index contributed by atoms with van der Waals surface area (Å²) in [7, 11) is 0. The van der Waals surface area contributed by atoms with Gasteiger partial charge in [0, 0.05) is 0 Å². The molecule has 1 saturated carbocycles. The SMILES string of the molecule is Cl.N[C@H](C=O)C1CC1. The molecule has 0 radical (unpaired) electrons. The zero-order chi connectivity index (χ0) is 5.28. The molecule has 1 atom stereocenters. The van der Waals surface area contributed by atoms with Crippen molar-refractivity contribution in [3.63, 3.8) is 0 Å². The van der Waals surface area contributed by atoms with Crippen LogP contribution >= 0.6 is 12.4 Å². The summed E-state index contributed by atoms with van der Waals surface area (Å²) >= 11 is 0. The van der Waals surface area contributed by atoms with Crippen LogP contribution in [0.25, 0.3) is 0 Å². The lowest BCUT2D eigenvalue weighted by Crippen LogP contribution is -2.23. The Morgan fingerprint density at radius 1 is 1.62 bits per heavy atom. The smallest absolute Gasteiger partial charge is 0.136 e. The molecule has 0 aromatic carbocycles. The van der Waals surface area contributed by atoms with E-state index in [2.05, 4.69) is 0 Å². The first-order valence-corrected chi connectivity index (χ1v) is 2.55. The van der Waals surface area contributed by atoms with E-state index in [4.69, 9.17) is 5.73 Å². The Morgan fingerprint density at radius 2 is 2.12 bits per heavy atom. The summed E-state index contributed by atoms with van der Waals surface area (Å²) in [6.07, 6.45) is 3.14. The van der Waals surface area contributed by atoms with Crippen LogP contribution in [0, 0.1) is 5.92 Å². The highest BCUT2D eigenvalue weighted by Gasteiger charge is 2.27. The predicted octanol–water partition coefficient (Wildman–Crippen LogP) is 0.344. The maximum absolute atomic E-state index is 9.86. The molecule has 0 bridgehead atoms. The molecule has 48 valence electrons. The minimum atomic E-state index is -0.167. The fraction of sp³-hybridized carbons (Fsp3) is 0.800. The van der Waals surface area contributed by atoms with Gasteiger partial charge in [-0.15, -0.1) is 12.4 Å². The molecule has 1 rings (SSSR count). The summed E-state index contributed by atoms with van der Waals surface area (Å²) in [5, 5.41) is 0. The van der Waals surface area contributed by atoms with Crippen molar-refractivity contribution in [2.24, 2.45) is 11.7 Å². The molecular formula is C5H10ClNO. The Balaban J connectivity index is 0.000000490. The molecule has 1 aliphatic carbocycles. The Hall–Kier alpha value is -0.0800. The first kappa shape index (κ1) is 7.92. The number of halogens is 1. The van der Waals surface area contributed by atoms with Crippen LogP contribution in [0.3, 0.4) is 0 Å². The molecule has 1 fully saturated rings. The van der Waals surface area contributed by atoms with E-state index in [0.717, 1.165) is 19.1 Å². The van der Waals surface area contributed by atoms with Crippen LogP contribution in [0.2, 0.25) is 0 Å². The monoisotopic (exact) mass is 135 g/mol. The van der Waals surface area contributed by atoms with Gasteiger partial charge < -0.3 is 10.5 Å². The third-order valence-corrected chi connectivity index (χ3v) is 1.32. The van der Waals surface area contributed by atoms with Crippen molar-refractivity contribution in [2.45, 2.75) is 18.9 Å². The molecule has 0 saturated heterocycles. The summed E-state index contributed by atoms with van der Waals surface area (Å²) in [5.74, 6) is 0.525. The van der Waals surface area contributed by atoms with E-state index < -0.39 is 0 Å². The number of nitrogens with two attached hydrogens (primary N) is 1. The minimum Gasteiger partial charge on any atom is -0.322 e. The van der Waals surface area contributed by atoms with Gasteiger partial charge >= 0.3 is 0 Å². The van der Waals surface area contributed by atoms with Crippen molar-refractivity contribution in [3.05, 3.63) is 0 Å². The highest BCUT2D eigenvalue weighted by molar-refractivity contribution is 5.85. The topological polar surface area (TPSA) is 43.1 Å². The summed E-state index contributed by atoms with van der Waals surface area (Å²) in [6.45, 7) is 0. The summed E-state index contributed by atoms with van der Waals surface area (Å²) in [5.41, 5.74) is 5.31. The van der Waals surface area contributed by atoms with Gasteiger partial charge in [-0.3, -0.25) is 0 Å². The van der Waals surface area contributed by atoms with E-state index in [1.54, 1.807) is 0 Å². The average Bonchev–Trinajstić information content (AvgIpc) is 2.44. The first-order chi connectivity index (χ1) is 3.34. The summed E-state index contributed by atoms with van der Waals surface area (Å²) < 4.78 is 0. The zero-order valence-corrected chi connectivity index (χ0v) is 5.36. The van der Waals surface area contributed by atoms with Crippen LogP contribution in [-0.4, -0.2) is 12.3 Å².